The molecule has 0 aliphatic rings. The number of ether oxygens (including phenoxy) is 1. The number of benzene rings is 1. The zero-order valence-corrected chi connectivity index (χ0v) is 12.4. The van der Waals surface area contributed by atoms with Crippen LogP contribution in [0.25, 0.3) is 11.0 Å². The van der Waals surface area contributed by atoms with Gasteiger partial charge < -0.3 is 15.0 Å². The Morgan fingerprint density at radius 2 is 2.30 bits per heavy atom. The molecule has 2 rings (SSSR count). The van der Waals surface area contributed by atoms with Gasteiger partial charge in [-0.2, -0.15) is 0 Å². The van der Waals surface area contributed by atoms with Crippen LogP contribution < -0.4 is 10.5 Å². The number of halogens is 1. The highest BCUT2D eigenvalue weighted by Gasteiger charge is 2.20. The van der Waals surface area contributed by atoms with Crippen LogP contribution in [0.3, 0.4) is 0 Å². The lowest BCUT2D eigenvalue weighted by Gasteiger charge is -2.14. The van der Waals surface area contributed by atoms with Crippen molar-refractivity contribution in [1.29, 1.82) is 0 Å². The zero-order valence-electron chi connectivity index (χ0n) is 11.6. The lowest BCUT2D eigenvalue weighted by atomic mass is 10.2. The molecule has 20 heavy (non-hydrogen) atoms. The first kappa shape index (κ1) is 14.7. The Kier molecular flexibility index (Phi) is 4.49. The van der Waals surface area contributed by atoms with E-state index in [9.17, 15) is 4.79 Å². The van der Waals surface area contributed by atoms with Crippen molar-refractivity contribution in [2.75, 3.05) is 12.5 Å². The van der Waals surface area contributed by atoms with Crippen LogP contribution in [-0.4, -0.2) is 27.9 Å². The maximum absolute atomic E-state index is 11.5. The van der Waals surface area contributed by atoms with Crippen LogP contribution in [0.15, 0.2) is 18.2 Å². The number of nitrogens with two attached hydrogens (primary N) is 1. The van der Waals surface area contributed by atoms with E-state index in [0.717, 1.165) is 16.9 Å². The molecule has 0 fully saturated rings. The van der Waals surface area contributed by atoms with Crippen LogP contribution in [0.1, 0.15) is 25.7 Å². The molecule has 1 aromatic heterocycles. The smallest absolute Gasteiger partial charge is 0.240 e. The lowest BCUT2D eigenvalue weighted by Crippen LogP contribution is -2.25. The molecule has 1 atom stereocenters. The van der Waals surface area contributed by atoms with Crippen LogP contribution in [0.5, 0.6) is 5.75 Å². The minimum Gasteiger partial charge on any atom is -0.492 e. The summed E-state index contributed by atoms with van der Waals surface area (Å²) < 4.78 is 7.42. The number of hydrogen-bond donors (Lipinski definition) is 1. The van der Waals surface area contributed by atoms with Crippen LogP contribution in [0.2, 0.25) is 0 Å². The normalized spacial score (nSPS) is 12.6. The van der Waals surface area contributed by atoms with Crippen LogP contribution >= 0.6 is 11.6 Å². The molecule has 108 valence electrons. The van der Waals surface area contributed by atoms with Gasteiger partial charge in [0.05, 0.1) is 12.1 Å². The molecule has 0 spiro atoms. The van der Waals surface area contributed by atoms with Crippen molar-refractivity contribution in [3.05, 3.63) is 24.0 Å². The third kappa shape index (κ3) is 2.58. The molecule has 0 radical (unpaired) electrons. The number of amides is 1. The third-order valence-corrected chi connectivity index (χ3v) is 3.36. The highest BCUT2D eigenvalue weighted by atomic mass is 35.5. The van der Waals surface area contributed by atoms with Gasteiger partial charge in [0.2, 0.25) is 5.91 Å². The molecule has 1 aromatic carbocycles. The first-order valence-electron chi connectivity index (χ1n) is 6.58. The number of primary amides is 1. The van der Waals surface area contributed by atoms with E-state index in [1.54, 1.807) is 6.92 Å². The fourth-order valence-corrected chi connectivity index (χ4v) is 2.40. The largest absolute Gasteiger partial charge is 0.492 e. The van der Waals surface area contributed by atoms with Crippen molar-refractivity contribution < 1.29 is 9.53 Å². The zero-order chi connectivity index (χ0) is 14.7. The predicted molar refractivity (Wildman–Crippen MR) is 79.2 cm³/mol. The van der Waals surface area contributed by atoms with E-state index < -0.39 is 11.9 Å². The number of rotatable bonds is 6. The van der Waals surface area contributed by atoms with E-state index in [1.165, 1.54) is 0 Å². The number of fused-ring (bicyclic) bond motifs is 1. The van der Waals surface area contributed by atoms with Gasteiger partial charge in [0.15, 0.2) is 0 Å². The van der Waals surface area contributed by atoms with Gasteiger partial charge in [-0.3, -0.25) is 4.79 Å². The predicted octanol–water partition coefficient (Wildman–Crippen LogP) is 2.26. The molecule has 6 heteroatoms. The molecule has 0 aliphatic carbocycles. The van der Waals surface area contributed by atoms with Gasteiger partial charge in [-0.05, 0) is 26.0 Å². The fraction of sp³-hybridized carbons (Fsp3) is 0.429. The molecule has 1 amide bonds. The van der Waals surface area contributed by atoms with Crippen molar-refractivity contribution >= 4 is 28.5 Å². The van der Waals surface area contributed by atoms with E-state index in [4.69, 9.17) is 22.1 Å². The number of aryl methyl sites for hydroxylation is 1. The molecule has 0 bridgehead atoms. The third-order valence-electron chi connectivity index (χ3n) is 3.17. The van der Waals surface area contributed by atoms with Gasteiger partial charge in [-0.1, -0.05) is 6.07 Å². The Bertz CT molecular complexity index is 624. The summed E-state index contributed by atoms with van der Waals surface area (Å²) in [6, 6.07) is 5.17. The van der Waals surface area contributed by atoms with Crippen LogP contribution in [0.4, 0.5) is 0 Å². The Morgan fingerprint density at radius 3 is 2.90 bits per heavy atom. The monoisotopic (exact) mass is 295 g/mol. The van der Waals surface area contributed by atoms with E-state index in [-0.39, 0.29) is 0 Å². The number of alkyl halides is 1. The van der Waals surface area contributed by atoms with E-state index in [1.807, 2.05) is 29.7 Å². The minimum atomic E-state index is -0.477. The second-order valence-electron chi connectivity index (χ2n) is 4.47. The molecular formula is C14H18ClN3O2. The average Bonchev–Trinajstić information content (AvgIpc) is 2.78. The van der Waals surface area contributed by atoms with Crippen molar-refractivity contribution in [3.63, 3.8) is 0 Å². The number of imidazole rings is 1. The fourth-order valence-electron chi connectivity index (χ4n) is 2.23. The Labute approximate surface area is 122 Å². The molecular weight excluding hydrogens is 278 g/mol. The SMILES string of the molecule is CCOc1cccc2c1nc(CCCl)n2C(C)C(N)=O. The molecule has 2 aromatic rings. The van der Waals surface area contributed by atoms with E-state index >= 15 is 0 Å². The standard InChI is InChI=1S/C14H18ClN3O2/c1-3-20-11-6-4-5-10-13(11)17-12(7-8-15)18(10)9(2)14(16)19/h4-6,9H,3,7-8H2,1-2H3,(H2,16,19). The molecule has 0 aliphatic heterocycles. The molecule has 1 heterocycles. The summed E-state index contributed by atoms with van der Waals surface area (Å²) in [6.07, 6.45) is 0.569. The second kappa shape index (κ2) is 6.13. The average molecular weight is 296 g/mol. The lowest BCUT2D eigenvalue weighted by molar-refractivity contribution is -0.120. The van der Waals surface area contributed by atoms with Gasteiger partial charge in [0, 0.05) is 12.3 Å². The van der Waals surface area contributed by atoms with Crippen LogP contribution in [-0.2, 0) is 11.2 Å². The topological polar surface area (TPSA) is 70.1 Å². The summed E-state index contributed by atoms with van der Waals surface area (Å²) in [7, 11) is 0. The summed E-state index contributed by atoms with van der Waals surface area (Å²) in [5, 5.41) is 0. The molecule has 0 saturated heterocycles. The molecule has 5 nitrogen and oxygen atoms in total. The van der Waals surface area contributed by atoms with E-state index in [0.29, 0.717) is 24.7 Å². The summed E-state index contributed by atoms with van der Waals surface area (Å²) in [4.78, 5) is 16.1. The van der Waals surface area contributed by atoms with Gasteiger partial charge in [0.25, 0.3) is 0 Å². The number of carbonyl (C=O) groups excluding carboxylic acids is 1. The highest BCUT2D eigenvalue weighted by molar-refractivity contribution is 6.18. The van der Waals surface area contributed by atoms with E-state index in [2.05, 4.69) is 4.98 Å². The van der Waals surface area contributed by atoms with Crippen LogP contribution in [0, 0.1) is 0 Å². The maximum atomic E-state index is 11.5. The van der Waals surface area contributed by atoms with Crippen molar-refractivity contribution in [2.45, 2.75) is 26.3 Å². The Morgan fingerprint density at radius 1 is 1.55 bits per heavy atom. The molecule has 2 N–H and O–H groups in total. The number of carbonyl (C=O) groups is 1. The molecule has 1 unspecified atom stereocenters. The number of hydrogen-bond acceptors (Lipinski definition) is 3. The quantitative estimate of drug-likeness (QED) is 0.831. The highest BCUT2D eigenvalue weighted by Crippen LogP contribution is 2.29. The summed E-state index contributed by atoms with van der Waals surface area (Å²) in [5.74, 6) is 1.48. The van der Waals surface area contributed by atoms with Gasteiger partial charge in [-0.15, -0.1) is 11.6 Å². The van der Waals surface area contributed by atoms with Gasteiger partial charge in [0.1, 0.15) is 23.1 Å². The first-order valence-corrected chi connectivity index (χ1v) is 7.11. The summed E-state index contributed by atoms with van der Waals surface area (Å²) in [5.41, 5.74) is 7.00. The van der Waals surface area contributed by atoms with Crippen molar-refractivity contribution in [1.82, 2.24) is 9.55 Å². The Balaban J connectivity index is 2.66. The minimum absolute atomic E-state index is 0.401. The van der Waals surface area contributed by atoms with Crippen molar-refractivity contribution in [2.24, 2.45) is 5.73 Å². The maximum Gasteiger partial charge on any atom is 0.240 e. The number of nitrogens with zero attached hydrogens (tertiary/aromatic N) is 2. The first-order chi connectivity index (χ1) is 9.60. The van der Waals surface area contributed by atoms with Gasteiger partial charge in [-0.25, -0.2) is 4.98 Å². The van der Waals surface area contributed by atoms with Gasteiger partial charge >= 0.3 is 0 Å². The summed E-state index contributed by atoms with van der Waals surface area (Å²) >= 11 is 5.82. The summed E-state index contributed by atoms with van der Waals surface area (Å²) in [6.45, 7) is 4.23. The number of para-hydroxylation sites is 1. The second-order valence-corrected chi connectivity index (χ2v) is 4.85. The Hall–Kier alpha value is -1.75. The number of aromatic nitrogens is 2. The van der Waals surface area contributed by atoms with Crippen molar-refractivity contribution in [3.8, 4) is 5.75 Å². The molecule has 0 saturated carbocycles.